The maximum Gasteiger partial charge on any atom is 0.359 e. The molecule has 0 aliphatic rings. The van der Waals surface area contributed by atoms with Crippen LogP contribution in [0.15, 0.2) is 24.3 Å². The Kier molecular flexibility index (Phi) is 3.65. The van der Waals surface area contributed by atoms with Gasteiger partial charge < -0.3 is 4.74 Å². The third kappa shape index (κ3) is 2.24. The van der Waals surface area contributed by atoms with Crippen LogP contribution in [0.4, 0.5) is 4.39 Å². The van der Waals surface area contributed by atoms with Gasteiger partial charge in [-0.2, -0.15) is 5.10 Å². The number of carbonyl (C=O) groups is 1. The number of halogens is 2. The first-order valence-electron chi connectivity index (χ1n) is 5.14. The Labute approximate surface area is 117 Å². The van der Waals surface area contributed by atoms with E-state index in [-0.39, 0.29) is 11.5 Å². The van der Waals surface area contributed by atoms with Crippen LogP contribution in [0.5, 0.6) is 0 Å². The lowest BCUT2D eigenvalue weighted by atomic mass is 10.3. The minimum absolute atomic E-state index is 0.236. The number of carbonyl (C=O) groups excluding carboxylic acids is 1. The summed E-state index contributed by atoms with van der Waals surface area (Å²) in [6, 6.07) is 6.03. The molecule has 0 radical (unpaired) electrons. The lowest BCUT2D eigenvalue weighted by Gasteiger charge is -2.03. The minimum Gasteiger partial charge on any atom is -0.464 e. The number of ether oxygens (including phenoxy) is 1. The summed E-state index contributed by atoms with van der Waals surface area (Å²) >= 11 is 2.02. The largest absolute Gasteiger partial charge is 0.464 e. The molecule has 4 nitrogen and oxygen atoms in total. The zero-order valence-corrected chi connectivity index (χ0v) is 11.9. The average Bonchev–Trinajstić information content (AvgIpc) is 2.66. The van der Waals surface area contributed by atoms with Gasteiger partial charge in [0.2, 0.25) is 0 Å². The Morgan fingerprint density at radius 1 is 1.50 bits per heavy atom. The Balaban J connectivity index is 2.56. The molecule has 6 heteroatoms. The Hall–Kier alpha value is -1.44. The van der Waals surface area contributed by atoms with Gasteiger partial charge in [0, 0.05) is 0 Å². The lowest BCUT2D eigenvalue weighted by Crippen LogP contribution is -2.05. The van der Waals surface area contributed by atoms with Gasteiger partial charge in [-0.15, -0.1) is 0 Å². The van der Waals surface area contributed by atoms with Crippen molar-refractivity contribution < 1.29 is 13.9 Å². The van der Waals surface area contributed by atoms with Crippen molar-refractivity contribution in [1.29, 1.82) is 0 Å². The van der Waals surface area contributed by atoms with Gasteiger partial charge in [-0.05, 0) is 47.7 Å². The number of hydrogen-bond acceptors (Lipinski definition) is 3. The summed E-state index contributed by atoms with van der Waals surface area (Å²) in [6.07, 6.45) is 0. The van der Waals surface area contributed by atoms with Crippen molar-refractivity contribution in [2.24, 2.45) is 0 Å². The van der Waals surface area contributed by atoms with Gasteiger partial charge >= 0.3 is 5.97 Å². The van der Waals surface area contributed by atoms with E-state index in [4.69, 9.17) is 0 Å². The first-order chi connectivity index (χ1) is 8.54. The number of hydrogen-bond donors (Lipinski definition) is 0. The van der Waals surface area contributed by atoms with Crippen LogP contribution < -0.4 is 0 Å². The van der Waals surface area contributed by atoms with Gasteiger partial charge in [0.1, 0.15) is 5.82 Å². The second-order valence-electron chi connectivity index (χ2n) is 3.63. The van der Waals surface area contributed by atoms with E-state index in [1.807, 2.05) is 29.5 Å². The molecule has 0 saturated carbocycles. The quantitative estimate of drug-likeness (QED) is 0.611. The summed E-state index contributed by atoms with van der Waals surface area (Å²) in [5, 5.41) is 4.16. The van der Waals surface area contributed by atoms with E-state index in [0.29, 0.717) is 9.26 Å². The number of esters is 1. The van der Waals surface area contributed by atoms with Gasteiger partial charge in [0.25, 0.3) is 0 Å². The summed E-state index contributed by atoms with van der Waals surface area (Å²) in [5.41, 5.74) is 1.57. The van der Waals surface area contributed by atoms with Gasteiger partial charge in [-0.25, -0.2) is 13.9 Å². The summed E-state index contributed by atoms with van der Waals surface area (Å²) in [5.74, 6) is -0.852. The van der Waals surface area contributed by atoms with Crippen LogP contribution in [-0.4, -0.2) is 22.9 Å². The number of aromatic nitrogens is 2. The Morgan fingerprint density at radius 3 is 2.83 bits per heavy atom. The van der Waals surface area contributed by atoms with Gasteiger partial charge in [0.05, 0.1) is 22.1 Å². The maximum atomic E-state index is 13.2. The molecule has 0 N–H and O–H groups in total. The summed E-state index contributed by atoms with van der Waals surface area (Å²) in [4.78, 5) is 11.5. The van der Waals surface area contributed by atoms with E-state index in [0.717, 1.165) is 5.69 Å². The monoisotopic (exact) mass is 360 g/mol. The standard InChI is InChI=1S/C12H10FIN2O2/c1-7-10(14)11(12(17)18-2)15-16(7)9-5-3-4-8(13)6-9/h3-6H,1-2H3. The number of rotatable bonds is 2. The molecule has 18 heavy (non-hydrogen) atoms. The van der Waals surface area contributed by atoms with Crippen molar-refractivity contribution in [3.8, 4) is 5.69 Å². The first kappa shape index (κ1) is 13.0. The Bertz CT molecular complexity index is 610. The summed E-state index contributed by atoms with van der Waals surface area (Å²) in [6.45, 7) is 1.81. The Morgan fingerprint density at radius 2 is 2.22 bits per heavy atom. The fraction of sp³-hybridized carbons (Fsp3) is 0.167. The van der Waals surface area contributed by atoms with E-state index >= 15 is 0 Å². The molecular formula is C12H10FIN2O2. The highest BCUT2D eigenvalue weighted by Crippen LogP contribution is 2.21. The highest BCUT2D eigenvalue weighted by Gasteiger charge is 2.20. The molecule has 94 valence electrons. The molecular weight excluding hydrogens is 350 g/mol. The molecule has 1 aromatic carbocycles. The maximum absolute atomic E-state index is 13.2. The molecule has 2 rings (SSSR count). The topological polar surface area (TPSA) is 44.1 Å². The van der Waals surface area contributed by atoms with E-state index in [9.17, 15) is 9.18 Å². The van der Waals surface area contributed by atoms with Gasteiger partial charge in [-0.1, -0.05) is 6.07 Å². The van der Waals surface area contributed by atoms with Crippen LogP contribution in [0.2, 0.25) is 0 Å². The molecule has 2 aromatic rings. The van der Waals surface area contributed by atoms with Crippen molar-refractivity contribution in [3.05, 3.63) is 45.0 Å². The van der Waals surface area contributed by atoms with Crippen LogP contribution in [0.3, 0.4) is 0 Å². The van der Waals surface area contributed by atoms with Crippen molar-refractivity contribution in [2.45, 2.75) is 6.92 Å². The third-order valence-electron chi connectivity index (χ3n) is 2.47. The van der Waals surface area contributed by atoms with Gasteiger partial charge in [-0.3, -0.25) is 0 Å². The number of benzene rings is 1. The normalized spacial score (nSPS) is 10.4. The molecule has 0 amide bonds. The van der Waals surface area contributed by atoms with Crippen LogP contribution >= 0.6 is 22.6 Å². The smallest absolute Gasteiger partial charge is 0.359 e. The van der Waals surface area contributed by atoms with Gasteiger partial charge in [0.15, 0.2) is 5.69 Å². The van der Waals surface area contributed by atoms with Crippen molar-refractivity contribution in [3.63, 3.8) is 0 Å². The molecule has 0 fully saturated rings. The summed E-state index contributed by atoms with van der Waals surface area (Å²) < 4.78 is 20.1. The molecule has 0 aliphatic heterocycles. The lowest BCUT2D eigenvalue weighted by molar-refractivity contribution is 0.0592. The highest BCUT2D eigenvalue weighted by molar-refractivity contribution is 14.1. The first-order valence-corrected chi connectivity index (χ1v) is 6.22. The fourth-order valence-electron chi connectivity index (χ4n) is 1.57. The van der Waals surface area contributed by atoms with Crippen molar-refractivity contribution in [1.82, 2.24) is 9.78 Å². The summed E-state index contributed by atoms with van der Waals surface area (Å²) in [7, 11) is 1.30. The fourth-order valence-corrected chi connectivity index (χ4v) is 2.13. The highest BCUT2D eigenvalue weighted by atomic mass is 127. The number of methoxy groups -OCH3 is 1. The minimum atomic E-state index is -0.502. The van der Waals surface area contributed by atoms with Crippen molar-refractivity contribution >= 4 is 28.6 Å². The second kappa shape index (κ2) is 5.05. The predicted molar refractivity (Wildman–Crippen MR) is 72.3 cm³/mol. The molecule has 0 aliphatic carbocycles. The van der Waals surface area contributed by atoms with Crippen molar-refractivity contribution in [2.75, 3.05) is 7.11 Å². The molecule has 1 heterocycles. The third-order valence-corrected chi connectivity index (χ3v) is 3.77. The average molecular weight is 360 g/mol. The molecule has 1 aromatic heterocycles. The SMILES string of the molecule is COC(=O)c1nn(-c2cccc(F)c2)c(C)c1I. The van der Waals surface area contributed by atoms with E-state index in [1.165, 1.54) is 23.9 Å². The van der Waals surface area contributed by atoms with Crippen LogP contribution in [0, 0.1) is 16.3 Å². The zero-order chi connectivity index (χ0) is 13.3. The van der Waals surface area contributed by atoms with Crippen LogP contribution in [0.1, 0.15) is 16.2 Å². The van der Waals surface area contributed by atoms with E-state index in [1.54, 1.807) is 12.1 Å². The second-order valence-corrected chi connectivity index (χ2v) is 4.71. The molecule has 0 atom stereocenters. The number of nitrogens with zero attached hydrogens (tertiary/aromatic N) is 2. The zero-order valence-electron chi connectivity index (χ0n) is 9.78. The van der Waals surface area contributed by atoms with E-state index in [2.05, 4.69) is 9.84 Å². The molecule has 0 saturated heterocycles. The van der Waals surface area contributed by atoms with E-state index < -0.39 is 5.97 Å². The van der Waals surface area contributed by atoms with Crippen LogP contribution in [0.25, 0.3) is 5.69 Å². The molecule has 0 unspecified atom stereocenters. The predicted octanol–water partition coefficient (Wildman–Crippen LogP) is 2.71. The molecule has 0 bridgehead atoms. The molecule has 0 spiro atoms. The van der Waals surface area contributed by atoms with Crippen LogP contribution in [-0.2, 0) is 4.74 Å².